The smallest absolute Gasteiger partial charge is 0.350 e. The van der Waals surface area contributed by atoms with Gasteiger partial charge in [-0.3, -0.25) is 4.79 Å². The lowest BCUT2D eigenvalue weighted by Crippen LogP contribution is -2.57. The summed E-state index contributed by atoms with van der Waals surface area (Å²) >= 11 is 0. The fourth-order valence-corrected chi connectivity index (χ4v) is 4.73. The number of halogens is 7. The number of benzene rings is 1. The second-order valence-corrected chi connectivity index (χ2v) is 10.2. The van der Waals surface area contributed by atoms with E-state index in [0.29, 0.717) is 31.6 Å². The maximum Gasteiger partial charge on any atom is 0.416 e. The Bertz CT molecular complexity index is 1060. The Kier molecular flexibility index (Phi) is 15.0. The third kappa shape index (κ3) is 11.2. The maximum atomic E-state index is 13.0. The lowest BCUT2D eigenvalue weighted by Gasteiger charge is -2.32. The van der Waals surface area contributed by atoms with Crippen molar-refractivity contribution in [1.82, 2.24) is 16.0 Å². The van der Waals surface area contributed by atoms with Gasteiger partial charge in [-0.1, -0.05) is 65.7 Å². The second-order valence-electron chi connectivity index (χ2n) is 10.2. The molecule has 2 unspecified atom stereocenters. The highest BCUT2D eigenvalue weighted by Gasteiger charge is 2.47. The summed E-state index contributed by atoms with van der Waals surface area (Å²) in [7, 11) is 0. The van der Waals surface area contributed by atoms with Crippen molar-refractivity contribution >= 4 is 5.91 Å². The van der Waals surface area contributed by atoms with E-state index in [-0.39, 0.29) is 29.4 Å². The summed E-state index contributed by atoms with van der Waals surface area (Å²) in [6.07, 6.45) is 0.601. The molecular weight excluding hydrogens is 563 g/mol. The van der Waals surface area contributed by atoms with Crippen LogP contribution >= 0.6 is 0 Å². The molecule has 2 aliphatic rings. The van der Waals surface area contributed by atoms with Gasteiger partial charge in [0.2, 0.25) is 5.91 Å². The largest absolute Gasteiger partial charge is 0.416 e. The molecule has 1 heterocycles. The van der Waals surface area contributed by atoms with Crippen molar-refractivity contribution in [1.29, 1.82) is 0 Å². The zero-order chi connectivity index (χ0) is 32.1. The molecule has 11 heteroatoms. The number of alkyl halides is 6. The summed E-state index contributed by atoms with van der Waals surface area (Å²) in [4.78, 5) is 12.8. The predicted octanol–water partition coefficient (Wildman–Crippen LogP) is 8.26. The molecule has 0 bridgehead atoms. The Morgan fingerprint density at radius 2 is 1.60 bits per heavy atom. The number of carbonyl (C=O) groups excluding carboxylic acids is 1. The summed E-state index contributed by atoms with van der Waals surface area (Å²) in [5, 5.41) is 8.93. The van der Waals surface area contributed by atoms with E-state index < -0.39 is 41.5 Å². The summed E-state index contributed by atoms with van der Waals surface area (Å²) in [5.74, 6) is -0.690. The Balaban J connectivity index is 0.000000564. The first-order chi connectivity index (χ1) is 19.6. The number of rotatable bonds is 8. The summed E-state index contributed by atoms with van der Waals surface area (Å²) in [5.41, 5.74) is -2.76. The zero-order valence-corrected chi connectivity index (χ0v) is 25.2. The zero-order valence-electron chi connectivity index (χ0n) is 25.2. The quantitative estimate of drug-likeness (QED) is 0.261. The monoisotopic (exact) mass is 607 g/mol. The Morgan fingerprint density at radius 3 is 2.10 bits per heavy atom. The number of carbonyl (C=O) groups is 1. The molecule has 0 saturated carbocycles. The molecule has 1 aliphatic heterocycles. The highest BCUT2D eigenvalue weighted by Crippen LogP contribution is 2.36. The van der Waals surface area contributed by atoms with Crippen LogP contribution in [-0.4, -0.2) is 30.6 Å². The van der Waals surface area contributed by atoms with E-state index >= 15 is 0 Å². The number of hydrogen-bond acceptors (Lipinski definition) is 3. The Morgan fingerprint density at radius 1 is 1.00 bits per heavy atom. The van der Waals surface area contributed by atoms with Crippen molar-refractivity contribution in [2.45, 2.75) is 97.7 Å². The van der Waals surface area contributed by atoms with Crippen LogP contribution in [0.3, 0.4) is 0 Å². The van der Waals surface area contributed by atoms with Gasteiger partial charge in [0.25, 0.3) is 0 Å². The summed E-state index contributed by atoms with van der Waals surface area (Å²) in [6.45, 7) is 12.6. The lowest BCUT2D eigenvalue weighted by molar-refractivity contribution is -0.143. The molecule has 1 aromatic rings. The topological polar surface area (TPSA) is 53.2 Å². The number of hydrogen-bond donors (Lipinski definition) is 3. The van der Waals surface area contributed by atoms with E-state index in [0.717, 1.165) is 19.3 Å². The van der Waals surface area contributed by atoms with Gasteiger partial charge in [0.05, 0.1) is 11.1 Å². The molecule has 42 heavy (non-hydrogen) atoms. The van der Waals surface area contributed by atoms with Crippen molar-refractivity contribution in [3.8, 4) is 0 Å². The van der Waals surface area contributed by atoms with Gasteiger partial charge in [0, 0.05) is 19.1 Å². The minimum atomic E-state index is -4.93. The highest BCUT2D eigenvalue weighted by atomic mass is 19.4. The minimum Gasteiger partial charge on any atom is -0.350 e. The van der Waals surface area contributed by atoms with Gasteiger partial charge in [0.15, 0.2) is 0 Å². The van der Waals surface area contributed by atoms with E-state index in [2.05, 4.69) is 29.0 Å². The third-order valence-corrected chi connectivity index (χ3v) is 6.90. The standard InChI is InChI=1S/C19H25F6N3O.C10H13F.C2H6/c1-4-26-15-8-17(11(2)3,28-10-15)16(29)27-9-12-5-13(18(20,21)22)7-14(6-12)19(23,24)25;1-2-4-9-5-3-6-10(11)8-7-9;1-2/h5-7,11,15,26,28H,4,8-10H2,1-3H3,(H,27,29);5-8H,2-4H2,1H3;1-2H3. The Labute approximate surface area is 244 Å². The molecule has 4 nitrogen and oxygen atoms in total. The van der Waals surface area contributed by atoms with Crippen LogP contribution < -0.4 is 16.0 Å². The molecule has 1 aromatic carbocycles. The van der Waals surface area contributed by atoms with Crippen molar-refractivity contribution in [2.24, 2.45) is 5.92 Å². The highest BCUT2D eigenvalue weighted by molar-refractivity contribution is 5.87. The van der Waals surface area contributed by atoms with E-state index in [4.69, 9.17) is 0 Å². The lowest BCUT2D eigenvalue weighted by atomic mass is 9.83. The number of likely N-dealkylation sites (N-methyl/N-ethyl adjacent to an activating group) is 1. The van der Waals surface area contributed by atoms with Gasteiger partial charge in [-0.05, 0) is 67.6 Å². The van der Waals surface area contributed by atoms with Gasteiger partial charge >= 0.3 is 12.4 Å². The van der Waals surface area contributed by atoms with Crippen molar-refractivity contribution in [3.05, 3.63) is 70.6 Å². The van der Waals surface area contributed by atoms with Crippen LogP contribution in [0.5, 0.6) is 0 Å². The molecule has 0 spiro atoms. The first-order valence-electron chi connectivity index (χ1n) is 14.4. The van der Waals surface area contributed by atoms with Crippen molar-refractivity contribution in [3.63, 3.8) is 0 Å². The van der Waals surface area contributed by atoms with Crippen LogP contribution in [0.25, 0.3) is 0 Å². The van der Waals surface area contributed by atoms with Gasteiger partial charge in [0.1, 0.15) is 11.4 Å². The average molecular weight is 608 g/mol. The van der Waals surface area contributed by atoms with E-state index in [1.165, 1.54) is 11.6 Å². The predicted molar refractivity (Wildman–Crippen MR) is 153 cm³/mol. The van der Waals surface area contributed by atoms with E-state index in [9.17, 15) is 35.5 Å². The number of nitrogens with one attached hydrogen (secondary N) is 3. The normalized spacial score (nSPS) is 20.5. The van der Waals surface area contributed by atoms with Crippen LogP contribution in [0.15, 0.2) is 53.9 Å². The van der Waals surface area contributed by atoms with Crippen LogP contribution in [0.2, 0.25) is 0 Å². The van der Waals surface area contributed by atoms with Crippen molar-refractivity contribution < 1.29 is 35.5 Å². The first-order valence-corrected chi connectivity index (χ1v) is 14.4. The van der Waals surface area contributed by atoms with Crippen LogP contribution in [-0.2, 0) is 23.7 Å². The van der Waals surface area contributed by atoms with Crippen LogP contribution in [0.1, 0.15) is 83.9 Å². The van der Waals surface area contributed by atoms with Gasteiger partial charge in [-0.2, -0.15) is 26.3 Å². The molecule has 2 atom stereocenters. The van der Waals surface area contributed by atoms with Gasteiger partial charge < -0.3 is 16.0 Å². The number of amides is 1. The molecule has 0 aromatic heterocycles. The molecule has 1 aliphatic carbocycles. The molecule has 1 fully saturated rings. The fourth-order valence-electron chi connectivity index (χ4n) is 4.73. The number of allylic oxidation sites excluding steroid dienone is 6. The van der Waals surface area contributed by atoms with Crippen LogP contribution in [0, 0.1) is 5.92 Å². The second kappa shape index (κ2) is 16.8. The molecule has 3 N–H and O–H groups in total. The minimum absolute atomic E-state index is 0.0542. The molecule has 1 saturated heterocycles. The molecule has 0 radical (unpaired) electrons. The van der Waals surface area contributed by atoms with Crippen molar-refractivity contribution in [2.75, 3.05) is 13.1 Å². The SMILES string of the molecule is CC.CCCC1=CCC=C(F)C=C1.CCNC1CNC(C(=O)NCc2cc(C(F)(F)F)cc(C(F)(F)F)c2)(C(C)C)C1. The molecule has 1 amide bonds. The summed E-state index contributed by atoms with van der Waals surface area (Å²) < 4.78 is 90.5. The Hall–Kier alpha value is -2.66. The molecular formula is C31H44F7N3O. The summed E-state index contributed by atoms with van der Waals surface area (Å²) in [6, 6.07) is 1.38. The maximum absolute atomic E-state index is 13.0. The van der Waals surface area contributed by atoms with E-state index in [1.54, 1.807) is 6.08 Å². The molecule has 3 rings (SSSR count). The van der Waals surface area contributed by atoms with Crippen LogP contribution in [0.4, 0.5) is 30.7 Å². The first kappa shape index (κ1) is 37.4. The van der Waals surface area contributed by atoms with Gasteiger partial charge in [-0.25, -0.2) is 4.39 Å². The molecule has 238 valence electrons. The van der Waals surface area contributed by atoms with E-state index in [1.807, 2.05) is 40.7 Å². The average Bonchev–Trinajstić information content (AvgIpc) is 3.26. The third-order valence-electron chi connectivity index (χ3n) is 6.90. The fraction of sp³-hybridized carbons (Fsp3) is 0.581. The van der Waals surface area contributed by atoms with Gasteiger partial charge in [-0.15, -0.1) is 0 Å².